The van der Waals surface area contributed by atoms with Crippen molar-refractivity contribution in [3.8, 4) is 17.2 Å². The molecular weight excluding hydrogens is 316 g/mol. The second-order valence-corrected chi connectivity index (χ2v) is 5.42. The number of phenols is 3. The minimum atomic E-state index is -1.46. The van der Waals surface area contributed by atoms with Crippen LogP contribution in [0.5, 0.6) is 17.2 Å². The standard InChI is InChI=1S/C16H14N2O6/c1-18-9-5-3-2-4-7(9)12(15(18)22)17-11-8(16(23)24)6-10(19)13(20)14(11)21/h3,5-6,19-21H,2,4H2,1H3,(H,23,24)/b17-12-. The van der Waals surface area contributed by atoms with Gasteiger partial charge >= 0.3 is 5.97 Å². The van der Waals surface area contributed by atoms with Crippen LogP contribution in [-0.4, -0.2) is 50.0 Å². The van der Waals surface area contributed by atoms with Gasteiger partial charge in [-0.25, -0.2) is 9.79 Å². The van der Waals surface area contributed by atoms with Gasteiger partial charge in [-0.05, 0) is 18.9 Å². The maximum absolute atomic E-state index is 12.4. The third kappa shape index (κ3) is 2.19. The number of aromatic carboxylic acids is 1. The highest BCUT2D eigenvalue weighted by atomic mass is 16.4. The Labute approximate surface area is 136 Å². The van der Waals surface area contributed by atoms with Gasteiger partial charge in [0.25, 0.3) is 5.91 Å². The number of amides is 1. The monoisotopic (exact) mass is 330 g/mol. The highest BCUT2D eigenvalue weighted by Gasteiger charge is 2.34. The molecule has 8 nitrogen and oxygen atoms in total. The predicted octanol–water partition coefficient (Wildman–Crippen LogP) is 1.65. The van der Waals surface area contributed by atoms with E-state index < -0.39 is 40.4 Å². The van der Waals surface area contributed by atoms with E-state index in [4.69, 9.17) is 0 Å². The number of allylic oxidation sites excluding steroid dienone is 2. The van der Waals surface area contributed by atoms with Gasteiger partial charge in [0.05, 0.1) is 5.56 Å². The summed E-state index contributed by atoms with van der Waals surface area (Å²) in [5.41, 5.74) is 0.335. The minimum Gasteiger partial charge on any atom is -0.504 e. The molecule has 1 heterocycles. The number of carboxylic acids is 1. The lowest BCUT2D eigenvalue weighted by atomic mass is 10.0. The number of hydrogen-bond donors (Lipinski definition) is 4. The molecule has 24 heavy (non-hydrogen) atoms. The molecule has 1 aromatic rings. The fraction of sp³-hybridized carbons (Fsp3) is 0.188. The summed E-state index contributed by atoms with van der Waals surface area (Å²) < 4.78 is 0. The van der Waals surface area contributed by atoms with E-state index in [1.165, 1.54) is 4.90 Å². The van der Waals surface area contributed by atoms with Crippen molar-refractivity contribution in [3.05, 3.63) is 35.1 Å². The number of rotatable bonds is 2. The second-order valence-electron chi connectivity index (χ2n) is 5.42. The van der Waals surface area contributed by atoms with Crippen LogP contribution in [0.2, 0.25) is 0 Å². The molecule has 0 radical (unpaired) electrons. The van der Waals surface area contributed by atoms with E-state index in [0.29, 0.717) is 24.1 Å². The van der Waals surface area contributed by atoms with Gasteiger partial charge in [-0.3, -0.25) is 4.79 Å². The Morgan fingerprint density at radius 3 is 2.62 bits per heavy atom. The number of hydrogen-bond acceptors (Lipinski definition) is 6. The average Bonchev–Trinajstić information content (AvgIpc) is 2.80. The van der Waals surface area contributed by atoms with Gasteiger partial charge in [0.15, 0.2) is 11.5 Å². The van der Waals surface area contributed by atoms with Crippen LogP contribution in [-0.2, 0) is 4.79 Å². The molecule has 0 aromatic heterocycles. The van der Waals surface area contributed by atoms with Gasteiger partial charge < -0.3 is 25.3 Å². The number of aromatic hydroxyl groups is 3. The largest absolute Gasteiger partial charge is 0.504 e. The molecule has 0 spiro atoms. The van der Waals surface area contributed by atoms with Gasteiger partial charge in [0.2, 0.25) is 5.75 Å². The van der Waals surface area contributed by atoms with Crippen LogP contribution in [0.25, 0.3) is 0 Å². The van der Waals surface area contributed by atoms with Crippen molar-refractivity contribution in [2.24, 2.45) is 4.99 Å². The summed E-state index contributed by atoms with van der Waals surface area (Å²) in [6.45, 7) is 0. The Morgan fingerprint density at radius 2 is 1.96 bits per heavy atom. The fourth-order valence-corrected chi connectivity index (χ4v) is 2.74. The van der Waals surface area contributed by atoms with E-state index in [1.807, 2.05) is 6.08 Å². The van der Waals surface area contributed by atoms with Gasteiger partial charge in [0, 0.05) is 24.4 Å². The number of carbonyl (C=O) groups is 2. The number of carbonyl (C=O) groups excluding carboxylic acids is 1. The van der Waals surface area contributed by atoms with Crippen LogP contribution in [0.15, 0.2) is 34.5 Å². The summed E-state index contributed by atoms with van der Waals surface area (Å²) in [6, 6.07) is 0.774. The Bertz CT molecular complexity index is 866. The summed E-state index contributed by atoms with van der Waals surface area (Å²) >= 11 is 0. The SMILES string of the molecule is CN1C(=O)/C(=N\c2c(C(=O)O)cc(O)c(O)c2O)C2=C1C=CCC2. The first-order valence-corrected chi connectivity index (χ1v) is 7.11. The van der Waals surface area contributed by atoms with E-state index in [1.54, 1.807) is 13.1 Å². The Balaban J connectivity index is 2.24. The molecule has 0 fully saturated rings. The lowest BCUT2D eigenvalue weighted by molar-refractivity contribution is -0.120. The Morgan fingerprint density at radius 1 is 1.25 bits per heavy atom. The normalized spacial score (nSPS) is 18.5. The van der Waals surface area contributed by atoms with Crippen molar-refractivity contribution in [1.82, 2.24) is 4.90 Å². The third-order valence-corrected chi connectivity index (χ3v) is 3.98. The summed E-state index contributed by atoms with van der Waals surface area (Å²) in [4.78, 5) is 29.2. The molecule has 8 heteroatoms. The zero-order valence-electron chi connectivity index (χ0n) is 12.6. The lowest BCUT2D eigenvalue weighted by Crippen LogP contribution is -2.24. The number of likely N-dealkylation sites (N-methyl/N-ethyl adjacent to an activating group) is 1. The van der Waals surface area contributed by atoms with Gasteiger partial charge in [-0.1, -0.05) is 6.08 Å². The van der Waals surface area contributed by atoms with Gasteiger partial charge in [-0.15, -0.1) is 0 Å². The van der Waals surface area contributed by atoms with Gasteiger partial charge in [0.1, 0.15) is 11.4 Å². The second kappa shape index (κ2) is 5.41. The Hall–Kier alpha value is -3.29. The summed E-state index contributed by atoms with van der Waals surface area (Å²) in [7, 11) is 1.57. The van der Waals surface area contributed by atoms with Crippen LogP contribution >= 0.6 is 0 Å². The first kappa shape index (κ1) is 15.6. The summed E-state index contributed by atoms with van der Waals surface area (Å²) in [5, 5.41) is 38.3. The van der Waals surface area contributed by atoms with Crippen LogP contribution in [0.3, 0.4) is 0 Å². The minimum absolute atomic E-state index is 0.0136. The number of phenolic OH excluding ortho intramolecular Hbond substituents is 3. The van der Waals surface area contributed by atoms with E-state index in [0.717, 1.165) is 6.07 Å². The van der Waals surface area contributed by atoms with Crippen LogP contribution in [0, 0.1) is 0 Å². The summed E-state index contributed by atoms with van der Waals surface area (Å²) in [6.07, 6.45) is 4.95. The molecule has 1 amide bonds. The van der Waals surface area contributed by atoms with Gasteiger partial charge in [-0.2, -0.15) is 0 Å². The average molecular weight is 330 g/mol. The molecule has 124 valence electrons. The number of benzene rings is 1. The molecule has 0 saturated carbocycles. The number of nitrogens with zero attached hydrogens (tertiary/aromatic N) is 2. The van der Waals surface area contributed by atoms with Crippen molar-refractivity contribution in [3.63, 3.8) is 0 Å². The first-order valence-electron chi connectivity index (χ1n) is 7.11. The highest BCUT2D eigenvalue weighted by Crippen LogP contribution is 2.45. The zero-order chi connectivity index (χ0) is 17.6. The molecule has 1 aromatic carbocycles. The molecule has 2 aliphatic rings. The quantitative estimate of drug-likeness (QED) is 0.610. The van der Waals surface area contributed by atoms with Crippen molar-refractivity contribution < 1.29 is 30.0 Å². The fourth-order valence-electron chi connectivity index (χ4n) is 2.74. The molecule has 1 aliphatic heterocycles. The van der Waals surface area contributed by atoms with E-state index >= 15 is 0 Å². The van der Waals surface area contributed by atoms with Crippen molar-refractivity contribution >= 4 is 23.3 Å². The summed E-state index contributed by atoms with van der Waals surface area (Å²) in [5.74, 6) is -4.47. The number of aliphatic imine (C=N–C) groups is 1. The molecule has 0 unspecified atom stereocenters. The molecule has 0 saturated heterocycles. The maximum Gasteiger partial charge on any atom is 0.338 e. The molecule has 3 rings (SSSR count). The predicted molar refractivity (Wildman–Crippen MR) is 83.7 cm³/mol. The topological polar surface area (TPSA) is 131 Å². The molecule has 4 N–H and O–H groups in total. The van der Waals surface area contributed by atoms with Crippen LogP contribution in [0.4, 0.5) is 5.69 Å². The van der Waals surface area contributed by atoms with Crippen molar-refractivity contribution in [2.45, 2.75) is 12.8 Å². The zero-order valence-corrected chi connectivity index (χ0v) is 12.6. The van der Waals surface area contributed by atoms with Crippen LogP contribution < -0.4 is 0 Å². The number of carboxylic acid groups (broad SMARTS) is 1. The molecular formula is C16H14N2O6. The van der Waals surface area contributed by atoms with E-state index in [9.17, 15) is 30.0 Å². The molecule has 1 aliphatic carbocycles. The highest BCUT2D eigenvalue weighted by molar-refractivity contribution is 6.48. The third-order valence-electron chi connectivity index (χ3n) is 3.98. The Kier molecular flexibility index (Phi) is 3.52. The maximum atomic E-state index is 12.4. The molecule has 0 bridgehead atoms. The van der Waals surface area contributed by atoms with E-state index in [2.05, 4.69) is 4.99 Å². The van der Waals surface area contributed by atoms with E-state index in [-0.39, 0.29) is 5.71 Å². The first-order chi connectivity index (χ1) is 11.3. The van der Waals surface area contributed by atoms with Crippen LogP contribution in [0.1, 0.15) is 23.2 Å². The smallest absolute Gasteiger partial charge is 0.338 e. The lowest BCUT2D eigenvalue weighted by Gasteiger charge is -2.12. The van der Waals surface area contributed by atoms with Crippen molar-refractivity contribution in [2.75, 3.05) is 7.05 Å². The molecule has 0 atom stereocenters. The van der Waals surface area contributed by atoms with Crippen molar-refractivity contribution in [1.29, 1.82) is 0 Å².